The van der Waals surface area contributed by atoms with Gasteiger partial charge in [0.05, 0.1) is 0 Å². The first-order chi connectivity index (χ1) is 6.17. The summed E-state index contributed by atoms with van der Waals surface area (Å²) in [7, 11) is 1.53. The molecule has 0 heterocycles. The van der Waals surface area contributed by atoms with Gasteiger partial charge in [0.2, 0.25) is 0 Å². The number of nitrogens with one attached hydrogen (secondary N) is 1. The highest BCUT2D eigenvalue weighted by atomic mass is 19.1. The molecule has 1 aromatic rings. The zero-order valence-electron chi connectivity index (χ0n) is 7.73. The number of hydrogen-bond acceptors (Lipinski definition) is 1. The second-order valence-corrected chi connectivity index (χ2v) is 2.78. The van der Waals surface area contributed by atoms with Crippen LogP contribution in [0.1, 0.15) is 22.8 Å². The van der Waals surface area contributed by atoms with Crippen molar-refractivity contribution in [3.05, 3.63) is 35.1 Å². The van der Waals surface area contributed by atoms with Gasteiger partial charge in [-0.25, -0.2) is 4.39 Å². The third-order valence-electron chi connectivity index (χ3n) is 1.86. The Balaban J connectivity index is 3.08. The van der Waals surface area contributed by atoms with Gasteiger partial charge in [-0.1, -0.05) is 6.92 Å². The van der Waals surface area contributed by atoms with Crippen LogP contribution in [0.15, 0.2) is 18.2 Å². The van der Waals surface area contributed by atoms with Gasteiger partial charge in [-0.2, -0.15) is 0 Å². The minimum atomic E-state index is -0.363. The van der Waals surface area contributed by atoms with Gasteiger partial charge in [0.25, 0.3) is 5.91 Å². The Kier molecular flexibility index (Phi) is 3.01. The van der Waals surface area contributed by atoms with Crippen LogP contribution in [0.5, 0.6) is 0 Å². The molecule has 70 valence electrons. The lowest BCUT2D eigenvalue weighted by Gasteiger charge is -2.02. The van der Waals surface area contributed by atoms with Crippen molar-refractivity contribution in [3.63, 3.8) is 0 Å². The molecule has 0 aliphatic carbocycles. The van der Waals surface area contributed by atoms with Gasteiger partial charge in [0.15, 0.2) is 0 Å². The second kappa shape index (κ2) is 4.03. The number of aryl methyl sites for hydroxylation is 1. The molecule has 2 nitrogen and oxygen atoms in total. The number of carbonyl (C=O) groups excluding carboxylic acids is 1. The lowest BCUT2D eigenvalue weighted by molar-refractivity contribution is 0.0962. The zero-order chi connectivity index (χ0) is 9.84. The van der Waals surface area contributed by atoms with Crippen molar-refractivity contribution >= 4 is 5.91 Å². The molecular weight excluding hydrogens is 169 g/mol. The predicted octanol–water partition coefficient (Wildman–Crippen LogP) is 1.75. The molecule has 0 aliphatic rings. The van der Waals surface area contributed by atoms with Gasteiger partial charge < -0.3 is 5.32 Å². The molecule has 1 aromatic carbocycles. The van der Waals surface area contributed by atoms with Gasteiger partial charge in [-0.05, 0) is 30.2 Å². The Hall–Kier alpha value is -1.38. The molecule has 0 saturated carbocycles. The van der Waals surface area contributed by atoms with Crippen LogP contribution in [0.2, 0.25) is 0 Å². The minimum absolute atomic E-state index is 0.255. The summed E-state index contributed by atoms with van der Waals surface area (Å²) < 4.78 is 12.9. The zero-order valence-corrected chi connectivity index (χ0v) is 7.73. The van der Waals surface area contributed by atoms with Crippen molar-refractivity contribution in [1.29, 1.82) is 0 Å². The van der Waals surface area contributed by atoms with Crippen LogP contribution in [0.3, 0.4) is 0 Å². The molecule has 0 bridgehead atoms. The molecular formula is C10H12FNO. The standard InChI is InChI=1S/C10H12FNO/c1-3-7-4-8(10(13)12-2)6-9(11)5-7/h4-6H,3H2,1-2H3,(H,12,13). The predicted molar refractivity (Wildman–Crippen MR) is 49.2 cm³/mol. The number of rotatable bonds is 2. The quantitative estimate of drug-likeness (QED) is 0.739. The molecule has 0 radical (unpaired) electrons. The Labute approximate surface area is 76.8 Å². The van der Waals surface area contributed by atoms with Crippen LogP contribution in [-0.2, 0) is 6.42 Å². The van der Waals surface area contributed by atoms with Gasteiger partial charge in [0, 0.05) is 12.6 Å². The van der Waals surface area contributed by atoms with Gasteiger partial charge >= 0.3 is 0 Å². The van der Waals surface area contributed by atoms with Crippen molar-refractivity contribution in [2.45, 2.75) is 13.3 Å². The van der Waals surface area contributed by atoms with Crippen LogP contribution in [0, 0.1) is 5.82 Å². The molecule has 0 aliphatic heterocycles. The third kappa shape index (κ3) is 2.28. The number of halogens is 1. The normalized spacial score (nSPS) is 9.77. The fraction of sp³-hybridized carbons (Fsp3) is 0.300. The summed E-state index contributed by atoms with van der Waals surface area (Å²) in [6, 6.07) is 4.37. The van der Waals surface area contributed by atoms with Gasteiger partial charge in [-0.3, -0.25) is 4.79 Å². The second-order valence-electron chi connectivity index (χ2n) is 2.78. The van der Waals surface area contributed by atoms with E-state index in [4.69, 9.17) is 0 Å². The van der Waals surface area contributed by atoms with E-state index in [9.17, 15) is 9.18 Å². The fourth-order valence-electron chi connectivity index (χ4n) is 1.13. The molecule has 0 aromatic heterocycles. The lowest BCUT2D eigenvalue weighted by Crippen LogP contribution is -2.18. The molecule has 0 unspecified atom stereocenters. The SMILES string of the molecule is CCc1cc(F)cc(C(=O)NC)c1. The third-order valence-corrected chi connectivity index (χ3v) is 1.86. The van der Waals surface area contributed by atoms with Crippen LogP contribution < -0.4 is 5.32 Å². The Morgan fingerprint density at radius 3 is 2.69 bits per heavy atom. The highest BCUT2D eigenvalue weighted by molar-refractivity contribution is 5.94. The number of carbonyl (C=O) groups is 1. The van der Waals surface area contributed by atoms with Crippen LogP contribution >= 0.6 is 0 Å². The van der Waals surface area contributed by atoms with E-state index in [2.05, 4.69) is 5.32 Å². The maximum atomic E-state index is 12.9. The highest BCUT2D eigenvalue weighted by Crippen LogP contribution is 2.09. The summed E-state index contributed by atoms with van der Waals surface area (Å²) in [6.45, 7) is 1.92. The maximum Gasteiger partial charge on any atom is 0.251 e. The number of amides is 1. The first-order valence-electron chi connectivity index (χ1n) is 4.19. The molecule has 0 atom stereocenters. The van der Waals surface area contributed by atoms with Crippen LogP contribution in [0.25, 0.3) is 0 Å². The fourth-order valence-corrected chi connectivity index (χ4v) is 1.13. The van der Waals surface area contributed by atoms with E-state index in [1.54, 1.807) is 6.07 Å². The molecule has 13 heavy (non-hydrogen) atoms. The summed E-state index contributed by atoms with van der Waals surface area (Å²) in [5, 5.41) is 2.45. The summed E-state index contributed by atoms with van der Waals surface area (Å²) in [5.74, 6) is -0.618. The average molecular weight is 181 g/mol. The maximum absolute atomic E-state index is 12.9. The molecule has 1 amide bonds. The summed E-state index contributed by atoms with van der Waals surface area (Å²) >= 11 is 0. The number of hydrogen-bond donors (Lipinski definition) is 1. The summed E-state index contributed by atoms with van der Waals surface area (Å²) in [4.78, 5) is 11.2. The number of benzene rings is 1. The van der Waals surface area contributed by atoms with E-state index in [1.807, 2.05) is 6.92 Å². The van der Waals surface area contributed by atoms with Crippen molar-refractivity contribution in [2.75, 3.05) is 7.05 Å². The lowest BCUT2D eigenvalue weighted by atomic mass is 10.1. The van der Waals surface area contributed by atoms with Crippen molar-refractivity contribution in [3.8, 4) is 0 Å². The average Bonchev–Trinajstić information content (AvgIpc) is 2.15. The van der Waals surface area contributed by atoms with E-state index >= 15 is 0 Å². The van der Waals surface area contributed by atoms with Crippen LogP contribution in [-0.4, -0.2) is 13.0 Å². The van der Waals surface area contributed by atoms with Crippen LogP contribution in [0.4, 0.5) is 4.39 Å². The topological polar surface area (TPSA) is 29.1 Å². The summed E-state index contributed by atoms with van der Waals surface area (Å²) in [5.41, 5.74) is 1.21. The van der Waals surface area contributed by atoms with E-state index in [0.29, 0.717) is 5.56 Å². The van der Waals surface area contributed by atoms with E-state index in [0.717, 1.165) is 12.0 Å². The van der Waals surface area contributed by atoms with E-state index in [-0.39, 0.29) is 11.7 Å². The summed E-state index contributed by atoms with van der Waals surface area (Å²) in [6.07, 6.45) is 0.724. The van der Waals surface area contributed by atoms with Crippen molar-refractivity contribution in [2.24, 2.45) is 0 Å². The molecule has 0 saturated heterocycles. The first kappa shape index (κ1) is 9.71. The molecule has 0 fully saturated rings. The minimum Gasteiger partial charge on any atom is -0.355 e. The van der Waals surface area contributed by atoms with E-state index in [1.165, 1.54) is 19.2 Å². The van der Waals surface area contributed by atoms with E-state index < -0.39 is 0 Å². The first-order valence-corrected chi connectivity index (χ1v) is 4.19. The Bertz CT molecular complexity index is 323. The van der Waals surface area contributed by atoms with Crippen molar-refractivity contribution in [1.82, 2.24) is 5.32 Å². The molecule has 0 spiro atoms. The Morgan fingerprint density at radius 2 is 2.15 bits per heavy atom. The molecule has 1 N–H and O–H groups in total. The molecule has 3 heteroatoms. The van der Waals surface area contributed by atoms with Crippen molar-refractivity contribution < 1.29 is 9.18 Å². The highest BCUT2D eigenvalue weighted by Gasteiger charge is 2.05. The monoisotopic (exact) mass is 181 g/mol. The molecule has 1 rings (SSSR count). The largest absolute Gasteiger partial charge is 0.355 e. The Morgan fingerprint density at radius 1 is 1.46 bits per heavy atom. The van der Waals surface area contributed by atoms with Gasteiger partial charge in [0.1, 0.15) is 5.82 Å². The van der Waals surface area contributed by atoms with Gasteiger partial charge in [-0.15, -0.1) is 0 Å². The smallest absolute Gasteiger partial charge is 0.251 e.